The number of amides is 1. The Labute approximate surface area is 124 Å². The largest absolute Gasteiger partial charge is 0.454 e. The van der Waals surface area contributed by atoms with Gasteiger partial charge in [0, 0.05) is 19.2 Å². The smallest absolute Gasteiger partial charge is 0.246 e. The van der Waals surface area contributed by atoms with Crippen molar-refractivity contribution in [1.29, 1.82) is 0 Å². The van der Waals surface area contributed by atoms with Crippen molar-refractivity contribution in [1.82, 2.24) is 4.90 Å². The minimum absolute atomic E-state index is 0.102. The number of nitrogens with zero attached hydrogens (tertiary/aromatic N) is 1. The van der Waals surface area contributed by atoms with E-state index in [4.69, 9.17) is 9.47 Å². The van der Waals surface area contributed by atoms with Crippen molar-refractivity contribution in [3.63, 3.8) is 0 Å². The number of carbonyl (C=O) groups excluding carboxylic acids is 1. The van der Waals surface area contributed by atoms with Gasteiger partial charge in [0.1, 0.15) is 0 Å². The van der Waals surface area contributed by atoms with Gasteiger partial charge < -0.3 is 14.4 Å². The molecule has 110 valence electrons. The van der Waals surface area contributed by atoms with Crippen LogP contribution < -0.4 is 9.47 Å². The summed E-state index contributed by atoms with van der Waals surface area (Å²) in [6.45, 7) is 2.05. The summed E-state index contributed by atoms with van der Waals surface area (Å²) in [5, 5.41) is 0. The minimum atomic E-state index is 0.102. The number of allylic oxidation sites excluding steroid dienone is 2. The number of likely N-dealkylation sites (tertiary alicyclic amines) is 1. The zero-order valence-corrected chi connectivity index (χ0v) is 12.0. The van der Waals surface area contributed by atoms with Crippen molar-refractivity contribution in [3.8, 4) is 11.5 Å². The number of carbonyl (C=O) groups is 1. The van der Waals surface area contributed by atoms with E-state index in [1.165, 1.54) is 6.42 Å². The molecule has 0 atom stereocenters. The molecule has 1 aromatic carbocycles. The lowest BCUT2D eigenvalue weighted by Gasteiger charge is -2.25. The van der Waals surface area contributed by atoms with Crippen molar-refractivity contribution < 1.29 is 14.3 Å². The second-order valence-corrected chi connectivity index (χ2v) is 5.22. The molecule has 4 heteroatoms. The molecule has 21 heavy (non-hydrogen) atoms. The average molecular weight is 285 g/mol. The molecule has 2 aliphatic rings. The summed E-state index contributed by atoms with van der Waals surface area (Å²) in [5.74, 6) is 1.65. The maximum atomic E-state index is 11.9. The Morgan fingerprint density at radius 1 is 1.05 bits per heavy atom. The van der Waals surface area contributed by atoms with E-state index >= 15 is 0 Å². The van der Waals surface area contributed by atoms with Crippen LogP contribution >= 0.6 is 0 Å². The first-order chi connectivity index (χ1) is 10.3. The molecule has 3 rings (SSSR count). The third kappa shape index (κ3) is 3.45. The summed E-state index contributed by atoms with van der Waals surface area (Å²) >= 11 is 0. The van der Waals surface area contributed by atoms with E-state index in [-0.39, 0.29) is 12.7 Å². The van der Waals surface area contributed by atoms with Crippen molar-refractivity contribution >= 4 is 12.0 Å². The van der Waals surface area contributed by atoms with E-state index in [9.17, 15) is 4.79 Å². The summed E-state index contributed by atoms with van der Waals surface area (Å²) in [5.41, 5.74) is 1.02. The zero-order chi connectivity index (χ0) is 14.5. The number of fused-ring (bicyclic) bond motifs is 1. The predicted molar refractivity (Wildman–Crippen MR) is 81.2 cm³/mol. The molecule has 1 aromatic rings. The van der Waals surface area contributed by atoms with Crippen LogP contribution in [-0.2, 0) is 4.79 Å². The fourth-order valence-corrected chi connectivity index (χ4v) is 2.54. The highest BCUT2D eigenvalue weighted by Gasteiger charge is 2.13. The van der Waals surface area contributed by atoms with Gasteiger partial charge in [-0.25, -0.2) is 0 Å². The number of hydrogen-bond acceptors (Lipinski definition) is 3. The monoisotopic (exact) mass is 285 g/mol. The average Bonchev–Trinajstić information content (AvgIpc) is 3.00. The van der Waals surface area contributed by atoms with Gasteiger partial charge >= 0.3 is 0 Å². The van der Waals surface area contributed by atoms with E-state index in [1.807, 2.05) is 35.3 Å². The van der Waals surface area contributed by atoms with Gasteiger partial charge in [-0.2, -0.15) is 0 Å². The summed E-state index contributed by atoms with van der Waals surface area (Å²) in [4.78, 5) is 13.8. The van der Waals surface area contributed by atoms with Gasteiger partial charge in [0.15, 0.2) is 11.5 Å². The molecular formula is C17H19NO3. The van der Waals surface area contributed by atoms with Crippen molar-refractivity contribution in [2.75, 3.05) is 19.9 Å². The molecule has 1 amide bonds. The SMILES string of the molecule is O=C(/C=C\C=C/c1ccc2c(c1)OCO2)N1CCCCC1. The minimum Gasteiger partial charge on any atom is -0.454 e. The maximum absolute atomic E-state index is 11.9. The Morgan fingerprint density at radius 3 is 2.71 bits per heavy atom. The Kier molecular flexibility index (Phi) is 4.24. The molecule has 4 nitrogen and oxygen atoms in total. The van der Waals surface area contributed by atoms with Crippen LogP contribution in [0.2, 0.25) is 0 Å². The Morgan fingerprint density at radius 2 is 1.86 bits per heavy atom. The highest BCUT2D eigenvalue weighted by atomic mass is 16.7. The first-order valence-electron chi connectivity index (χ1n) is 7.36. The maximum Gasteiger partial charge on any atom is 0.246 e. The number of hydrogen-bond donors (Lipinski definition) is 0. The third-order valence-corrected chi connectivity index (χ3v) is 3.70. The van der Waals surface area contributed by atoms with E-state index in [0.717, 1.165) is 43.0 Å². The Bertz CT molecular complexity index is 571. The van der Waals surface area contributed by atoms with Crippen molar-refractivity contribution in [2.24, 2.45) is 0 Å². The standard InChI is InChI=1S/C17H19NO3/c19-17(18-10-4-1-5-11-18)7-3-2-6-14-8-9-15-16(12-14)21-13-20-15/h2-3,6-9,12H,1,4-5,10-11,13H2/b6-2-,7-3-. The van der Waals surface area contributed by atoms with Crippen molar-refractivity contribution in [3.05, 3.63) is 42.0 Å². The second kappa shape index (κ2) is 6.48. The van der Waals surface area contributed by atoms with Gasteiger partial charge in [-0.3, -0.25) is 4.79 Å². The summed E-state index contributed by atoms with van der Waals surface area (Å²) in [6.07, 6.45) is 10.7. The summed E-state index contributed by atoms with van der Waals surface area (Å²) in [7, 11) is 0. The van der Waals surface area contributed by atoms with Crippen LogP contribution in [0.1, 0.15) is 24.8 Å². The first-order valence-corrected chi connectivity index (χ1v) is 7.36. The molecule has 2 aliphatic heterocycles. The number of ether oxygens (including phenoxy) is 2. The number of piperidine rings is 1. The molecule has 0 aliphatic carbocycles. The lowest BCUT2D eigenvalue weighted by Crippen LogP contribution is -2.34. The quantitative estimate of drug-likeness (QED) is 0.633. The van der Waals surface area contributed by atoms with Crippen LogP contribution in [0.3, 0.4) is 0 Å². The lowest BCUT2D eigenvalue weighted by molar-refractivity contribution is -0.126. The van der Waals surface area contributed by atoms with Crippen LogP contribution in [0.5, 0.6) is 11.5 Å². The van der Waals surface area contributed by atoms with Gasteiger partial charge in [0.05, 0.1) is 0 Å². The molecule has 0 aromatic heterocycles. The highest BCUT2D eigenvalue weighted by molar-refractivity contribution is 5.88. The number of rotatable bonds is 3. The molecule has 0 radical (unpaired) electrons. The summed E-state index contributed by atoms with van der Waals surface area (Å²) < 4.78 is 10.6. The normalized spacial score (nSPS) is 17.8. The first kappa shape index (κ1) is 13.7. The fourth-order valence-electron chi connectivity index (χ4n) is 2.54. The Balaban J connectivity index is 1.56. The van der Waals surface area contributed by atoms with Crippen LogP contribution in [0.4, 0.5) is 0 Å². The van der Waals surface area contributed by atoms with Gasteiger partial charge in [-0.05, 0) is 37.0 Å². The van der Waals surface area contributed by atoms with Crippen molar-refractivity contribution in [2.45, 2.75) is 19.3 Å². The molecule has 0 N–H and O–H groups in total. The fraction of sp³-hybridized carbons (Fsp3) is 0.353. The van der Waals surface area contributed by atoms with E-state index in [1.54, 1.807) is 12.2 Å². The highest BCUT2D eigenvalue weighted by Crippen LogP contribution is 2.32. The Hall–Kier alpha value is -2.23. The molecule has 1 fully saturated rings. The molecule has 0 saturated carbocycles. The van der Waals surface area contributed by atoms with Crippen LogP contribution in [0.25, 0.3) is 6.08 Å². The third-order valence-electron chi connectivity index (χ3n) is 3.70. The molecular weight excluding hydrogens is 266 g/mol. The molecule has 0 unspecified atom stereocenters. The van der Waals surface area contributed by atoms with Gasteiger partial charge in [-0.15, -0.1) is 0 Å². The van der Waals surface area contributed by atoms with Crippen LogP contribution in [-0.4, -0.2) is 30.7 Å². The van der Waals surface area contributed by atoms with Gasteiger partial charge in [-0.1, -0.05) is 24.3 Å². The molecule has 2 heterocycles. The lowest BCUT2D eigenvalue weighted by atomic mass is 10.1. The van der Waals surface area contributed by atoms with Crippen LogP contribution in [0.15, 0.2) is 36.4 Å². The van der Waals surface area contributed by atoms with Gasteiger partial charge in [0.2, 0.25) is 12.7 Å². The zero-order valence-electron chi connectivity index (χ0n) is 12.0. The number of benzene rings is 1. The van der Waals surface area contributed by atoms with E-state index < -0.39 is 0 Å². The van der Waals surface area contributed by atoms with Crippen LogP contribution in [0, 0.1) is 0 Å². The van der Waals surface area contributed by atoms with E-state index in [2.05, 4.69) is 0 Å². The topological polar surface area (TPSA) is 38.8 Å². The second-order valence-electron chi connectivity index (χ2n) is 5.22. The van der Waals surface area contributed by atoms with E-state index in [0.29, 0.717) is 0 Å². The molecule has 1 saturated heterocycles. The molecule has 0 bridgehead atoms. The summed E-state index contributed by atoms with van der Waals surface area (Å²) in [6, 6.07) is 5.79. The molecule has 0 spiro atoms. The predicted octanol–water partition coefficient (Wildman–Crippen LogP) is 3.00. The van der Waals surface area contributed by atoms with Gasteiger partial charge in [0.25, 0.3) is 0 Å².